The van der Waals surface area contributed by atoms with Gasteiger partial charge in [-0.15, -0.1) is 0 Å². The molecule has 13 heavy (non-hydrogen) atoms. The van der Waals surface area contributed by atoms with E-state index in [2.05, 4.69) is 52.1 Å². The first-order valence-electron chi connectivity index (χ1n) is 4.70. The first kappa shape index (κ1) is 9.22. The molecule has 1 aromatic carbocycles. The number of rotatable bonds is 3. The van der Waals surface area contributed by atoms with Gasteiger partial charge in [-0.05, 0) is 37.6 Å². The molecule has 0 radical (unpaired) electrons. The first-order valence-corrected chi connectivity index (χ1v) is 5.50. The molecule has 0 spiro atoms. The molecule has 0 heterocycles. The average Bonchev–Trinajstić information content (AvgIpc) is 2.91. The van der Waals surface area contributed by atoms with Crippen LogP contribution in [0.4, 0.5) is 0 Å². The van der Waals surface area contributed by atoms with Crippen molar-refractivity contribution in [1.29, 1.82) is 0 Å². The molecule has 2 rings (SSSR count). The van der Waals surface area contributed by atoms with Gasteiger partial charge in [-0.1, -0.05) is 28.1 Å². The highest BCUT2D eigenvalue weighted by Crippen LogP contribution is 2.26. The van der Waals surface area contributed by atoms with E-state index in [1.165, 1.54) is 18.4 Å². The number of nitrogens with zero attached hydrogens (tertiary/aromatic N) is 1. The molecule has 0 saturated heterocycles. The monoisotopic (exact) mass is 239 g/mol. The molecule has 0 unspecified atom stereocenters. The molecule has 1 saturated carbocycles. The lowest BCUT2D eigenvalue weighted by atomic mass is 10.2. The van der Waals surface area contributed by atoms with Crippen LogP contribution in [0.2, 0.25) is 0 Å². The summed E-state index contributed by atoms with van der Waals surface area (Å²) >= 11 is 3.44. The molecule has 1 nitrogen and oxygen atoms in total. The molecule has 1 aliphatic rings. The van der Waals surface area contributed by atoms with Crippen LogP contribution in [0.1, 0.15) is 18.4 Å². The highest BCUT2D eigenvalue weighted by atomic mass is 79.9. The first-order chi connectivity index (χ1) is 6.25. The Morgan fingerprint density at radius 3 is 2.46 bits per heavy atom. The molecule has 1 aromatic rings. The summed E-state index contributed by atoms with van der Waals surface area (Å²) in [5.41, 5.74) is 1.40. The van der Waals surface area contributed by atoms with Gasteiger partial charge in [0.25, 0.3) is 0 Å². The highest BCUT2D eigenvalue weighted by Gasteiger charge is 2.25. The Hall–Kier alpha value is -0.340. The average molecular weight is 240 g/mol. The topological polar surface area (TPSA) is 3.24 Å². The quantitative estimate of drug-likeness (QED) is 0.784. The number of benzene rings is 1. The third-order valence-electron chi connectivity index (χ3n) is 2.52. The zero-order valence-electron chi connectivity index (χ0n) is 7.83. The highest BCUT2D eigenvalue weighted by molar-refractivity contribution is 9.10. The third kappa shape index (κ3) is 2.55. The lowest BCUT2D eigenvalue weighted by Gasteiger charge is -2.15. The van der Waals surface area contributed by atoms with Crippen molar-refractivity contribution in [3.63, 3.8) is 0 Å². The Morgan fingerprint density at radius 1 is 1.31 bits per heavy atom. The lowest BCUT2D eigenvalue weighted by molar-refractivity contribution is 0.316. The maximum atomic E-state index is 3.44. The van der Waals surface area contributed by atoms with Crippen LogP contribution in [0.3, 0.4) is 0 Å². The minimum atomic E-state index is 0.851. The molecule has 0 atom stereocenters. The van der Waals surface area contributed by atoms with Gasteiger partial charge < -0.3 is 0 Å². The Kier molecular flexibility index (Phi) is 2.70. The molecule has 0 aromatic heterocycles. The van der Waals surface area contributed by atoms with Gasteiger partial charge in [-0.2, -0.15) is 0 Å². The summed E-state index contributed by atoms with van der Waals surface area (Å²) in [6.07, 6.45) is 2.76. The Balaban J connectivity index is 1.96. The fraction of sp³-hybridized carbons (Fsp3) is 0.455. The van der Waals surface area contributed by atoms with Crippen LogP contribution in [0.5, 0.6) is 0 Å². The summed E-state index contributed by atoms with van der Waals surface area (Å²) in [6, 6.07) is 9.43. The second-order valence-corrected chi connectivity index (χ2v) is 4.69. The molecular weight excluding hydrogens is 226 g/mol. The van der Waals surface area contributed by atoms with Crippen molar-refractivity contribution >= 4 is 15.9 Å². The van der Waals surface area contributed by atoms with Crippen LogP contribution in [-0.2, 0) is 6.54 Å². The second kappa shape index (κ2) is 3.81. The van der Waals surface area contributed by atoms with E-state index in [9.17, 15) is 0 Å². The predicted octanol–water partition coefficient (Wildman–Crippen LogP) is 3.04. The summed E-state index contributed by atoms with van der Waals surface area (Å²) in [6.45, 7) is 1.08. The molecule has 2 heteroatoms. The van der Waals surface area contributed by atoms with Crippen molar-refractivity contribution in [1.82, 2.24) is 4.90 Å². The lowest BCUT2D eigenvalue weighted by Crippen LogP contribution is -2.19. The van der Waals surface area contributed by atoms with Gasteiger partial charge in [0, 0.05) is 17.1 Å². The molecule has 0 amide bonds. The van der Waals surface area contributed by atoms with Crippen molar-refractivity contribution in [3.05, 3.63) is 34.3 Å². The van der Waals surface area contributed by atoms with Crippen LogP contribution in [0.25, 0.3) is 0 Å². The zero-order valence-corrected chi connectivity index (χ0v) is 9.42. The van der Waals surface area contributed by atoms with E-state index < -0.39 is 0 Å². The van der Waals surface area contributed by atoms with Gasteiger partial charge in [-0.3, -0.25) is 4.90 Å². The maximum absolute atomic E-state index is 3.44. The van der Waals surface area contributed by atoms with Gasteiger partial charge in [0.05, 0.1) is 0 Å². The van der Waals surface area contributed by atoms with E-state index in [4.69, 9.17) is 0 Å². The molecule has 70 valence electrons. The Bertz CT molecular complexity index is 277. The summed E-state index contributed by atoms with van der Waals surface area (Å²) in [5, 5.41) is 0. The van der Waals surface area contributed by atoms with Crippen LogP contribution in [0.15, 0.2) is 28.7 Å². The van der Waals surface area contributed by atoms with Crippen molar-refractivity contribution in [2.75, 3.05) is 7.05 Å². The molecule has 1 aliphatic carbocycles. The minimum Gasteiger partial charge on any atom is -0.299 e. The second-order valence-electron chi connectivity index (χ2n) is 3.77. The Morgan fingerprint density at radius 2 is 1.92 bits per heavy atom. The molecule has 0 bridgehead atoms. The summed E-state index contributed by atoms with van der Waals surface area (Å²) < 4.78 is 1.16. The SMILES string of the molecule is CN(Cc1ccc(Br)cc1)C1CC1. The standard InChI is InChI=1S/C11H14BrN/c1-13(11-6-7-11)8-9-2-4-10(12)5-3-9/h2-5,11H,6-8H2,1H3. The maximum Gasteiger partial charge on any atom is 0.0233 e. The third-order valence-corrected chi connectivity index (χ3v) is 3.04. The summed E-state index contributed by atoms with van der Waals surface area (Å²) in [4.78, 5) is 2.43. The van der Waals surface area contributed by atoms with E-state index in [0.717, 1.165) is 17.1 Å². The van der Waals surface area contributed by atoms with Crippen molar-refractivity contribution < 1.29 is 0 Å². The summed E-state index contributed by atoms with van der Waals surface area (Å²) in [5.74, 6) is 0. The fourth-order valence-electron chi connectivity index (χ4n) is 1.52. The van der Waals surface area contributed by atoms with Crippen molar-refractivity contribution in [2.24, 2.45) is 0 Å². The van der Waals surface area contributed by atoms with Gasteiger partial charge >= 0.3 is 0 Å². The molecular formula is C11H14BrN. The number of hydrogen-bond acceptors (Lipinski definition) is 1. The number of hydrogen-bond donors (Lipinski definition) is 0. The summed E-state index contributed by atoms with van der Waals surface area (Å²) in [7, 11) is 2.21. The van der Waals surface area contributed by atoms with Gasteiger partial charge in [0.15, 0.2) is 0 Å². The smallest absolute Gasteiger partial charge is 0.0233 e. The number of halogens is 1. The van der Waals surface area contributed by atoms with E-state index in [1.54, 1.807) is 0 Å². The minimum absolute atomic E-state index is 0.851. The molecule has 1 fully saturated rings. The van der Waals surface area contributed by atoms with E-state index >= 15 is 0 Å². The van der Waals surface area contributed by atoms with Crippen LogP contribution in [-0.4, -0.2) is 18.0 Å². The van der Waals surface area contributed by atoms with Gasteiger partial charge in [0.2, 0.25) is 0 Å². The fourth-order valence-corrected chi connectivity index (χ4v) is 1.79. The van der Waals surface area contributed by atoms with Crippen molar-refractivity contribution in [3.8, 4) is 0 Å². The van der Waals surface area contributed by atoms with Gasteiger partial charge in [0.1, 0.15) is 0 Å². The van der Waals surface area contributed by atoms with E-state index in [0.29, 0.717) is 0 Å². The van der Waals surface area contributed by atoms with E-state index in [-0.39, 0.29) is 0 Å². The van der Waals surface area contributed by atoms with Crippen molar-refractivity contribution in [2.45, 2.75) is 25.4 Å². The molecule has 0 N–H and O–H groups in total. The van der Waals surface area contributed by atoms with Crippen LogP contribution in [0, 0.1) is 0 Å². The predicted molar refractivity (Wildman–Crippen MR) is 58.6 cm³/mol. The van der Waals surface area contributed by atoms with Crippen LogP contribution < -0.4 is 0 Å². The zero-order chi connectivity index (χ0) is 9.26. The van der Waals surface area contributed by atoms with E-state index in [1.807, 2.05) is 0 Å². The van der Waals surface area contributed by atoms with Gasteiger partial charge in [-0.25, -0.2) is 0 Å². The van der Waals surface area contributed by atoms with Crippen LogP contribution >= 0.6 is 15.9 Å². The molecule has 0 aliphatic heterocycles. The Labute approximate surface area is 87.9 Å². The largest absolute Gasteiger partial charge is 0.299 e. The normalized spacial score (nSPS) is 16.5.